The standard InChI is InChI=1S/C12H9F2NO2S/c13-12(14)16-9-2-1-7(5-10(9)17-12)11(15)8-3-4-18-6-8/h1-6,11H,15H2/t11-/m0/s1. The Morgan fingerprint density at radius 2 is 1.89 bits per heavy atom. The lowest BCUT2D eigenvalue weighted by atomic mass is 10.0. The quantitative estimate of drug-likeness (QED) is 0.911. The molecule has 0 aliphatic carbocycles. The molecule has 3 rings (SSSR count). The van der Waals surface area contributed by atoms with Gasteiger partial charge in [-0.1, -0.05) is 6.07 Å². The van der Waals surface area contributed by atoms with E-state index in [1.54, 1.807) is 6.07 Å². The zero-order valence-corrected chi connectivity index (χ0v) is 9.92. The van der Waals surface area contributed by atoms with Crippen LogP contribution in [0.15, 0.2) is 35.0 Å². The normalized spacial score (nSPS) is 17.7. The minimum absolute atomic E-state index is 0.0168. The van der Waals surface area contributed by atoms with Gasteiger partial charge in [0.05, 0.1) is 6.04 Å². The highest BCUT2D eigenvalue weighted by molar-refractivity contribution is 7.08. The van der Waals surface area contributed by atoms with E-state index in [4.69, 9.17) is 5.73 Å². The number of nitrogens with two attached hydrogens (primary N) is 1. The third-order valence-electron chi connectivity index (χ3n) is 2.69. The molecule has 1 aromatic heterocycles. The van der Waals surface area contributed by atoms with Gasteiger partial charge in [0.2, 0.25) is 0 Å². The maximum absolute atomic E-state index is 12.9. The number of fused-ring (bicyclic) bond motifs is 1. The summed E-state index contributed by atoms with van der Waals surface area (Å²) >= 11 is 1.53. The van der Waals surface area contributed by atoms with Crippen LogP contribution >= 0.6 is 11.3 Å². The first-order chi connectivity index (χ1) is 8.55. The van der Waals surface area contributed by atoms with Crippen molar-refractivity contribution in [3.05, 3.63) is 46.2 Å². The van der Waals surface area contributed by atoms with Gasteiger partial charge in [0.1, 0.15) is 0 Å². The van der Waals surface area contributed by atoms with E-state index >= 15 is 0 Å². The van der Waals surface area contributed by atoms with Crippen molar-refractivity contribution in [2.45, 2.75) is 12.3 Å². The van der Waals surface area contributed by atoms with E-state index < -0.39 is 6.29 Å². The minimum Gasteiger partial charge on any atom is -0.395 e. The summed E-state index contributed by atoms with van der Waals surface area (Å²) in [5.41, 5.74) is 7.68. The molecule has 94 valence electrons. The van der Waals surface area contributed by atoms with E-state index in [1.807, 2.05) is 16.8 Å². The lowest BCUT2D eigenvalue weighted by Gasteiger charge is -2.10. The molecule has 0 saturated heterocycles. The molecule has 3 nitrogen and oxygen atoms in total. The molecule has 2 aromatic rings. The van der Waals surface area contributed by atoms with Crippen molar-refractivity contribution in [3.8, 4) is 11.5 Å². The smallest absolute Gasteiger partial charge is 0.395 e. The topological polar surface area (TPSA) is 44.5 Å². The largest absolute Gasteiger partial charge is 0.586 e. The second-order valence-electron chi connectivity index (χ2n) is 3.91. The van der Waals surface area contributed by atoms with Gasteiger partial charge in [0, 0.05) is 0 Å². The van der Waals surface area contributed by atoms with E-state index in [1.165, 1.54) is 23.5 Å². The Morgan fingerprint density at radius 3 is 2.61 bits per heavy atom. The van der Waals surface area contributed by atoms with Gasteiger partial charge in [-0.25, -0.2) is 0 Å². The fourth-order valence-electron chi connectivity index (χ4n) is 1.80. The van der Waals surface area contributed by atoms with E-state index in [2.05, 4.69) is 9.47 Å². The summed E-state index contributed by atoms with van der Waals surface area (Å²) in [5, 5.41) is 3.83. The molecule has 1 aliphatic heterocycles. The monoisotopic (exact) mass is 269 g/mol. The summed E-state index contributed by atoms with van der Waals surface area (Å²) in [7, 11) is 0. The Bertz CT molecular complexity index is 571. The van der Waals surface area contributed by atoms with Crippen LogP contribution in [-0.2, 0) is 0 Å². The molecule has 0 saturated carbocycles. The second kappa shape index (κ2) is 3.93. The van der Waals surface area contributed by atoms with Crippen molar-refractivity contribution in [2.24, 2.45) is 5.73 Å². The van der Waals surface area contributed by atoms with Crippen LogP contribution in [0.25, 0.3) is 0 Å². The van der Waals surface area contributed by atoms with Crippen molar-refractivity contribution < 1.29 is 18.3 Å². The average Bonchev–Trinajstić information content (AvgIpc) is 2.91. The first-order valence-corrected chi connectivity index (χ1v) is 6.17. The van der Waals surface area contributed by atoms with E-state index in [0.717, 1.165) is 5.56 Å². The van der Waals surface area contributed by atoms with E-state index in [0.29, 0.717) is 5.56 Å². The highest BCUT2D eigenvalue weighted by atomic mass is 32.1. The van der Waals surface area contributed by atoms with Crippen LogP contribution < -0.4 is 15.2 Å². The van der Waals surface area contributed by atoms with Gasteiger partial charge in [0.15, 0.2) is 11.5 Å². The van der Waals surface area contributed by atoms with Gasteiger partial charge in [-0.15, -0.1) is 8.78 Å². The number of alkyl halides is 2. The number of halogens is 2. The minimum atomic E-state index is -3.59. The van der Waals surface area contributed by atoms with Gasteiger partial charge in [0.25, 0.3) is 0 Å². The molecule has 0 spiro atoms. The maximum atomic E-state index is 12.9. The Hall–Kier alpha value is -1.66. The predicted molar refractivity (Wildman–Crippen MR) is 63.0 cm³/mol. The lowest BCUT2D eigenvalue weighted by Crippen LogP contribution is -2.25. The third kappa shape index (κ3) is 1.93. The van der Waals surface area contributed by atoms with Gasteiger partial charge < -0.3 is 15.2 Å². The third-order valence-corrected chi connectivity index (χ3v) is 3.39. The van der Waals surface area contributed by atoms with E-state index in [9.17, 15) is 8.78 Å². The summed E-state index contributed by atoms with van der Waals surface area (Å²) in [6.45, 7) is 0. The summed E-state index contributed by atoms with van der Waals surface area (Å²) in [4.78, 5) is 0. The zero-order chi connectivity index (χ0) is 12.8. The van der Waals surface area contributed by atoms with Gasteiger partial charge in [-0.05, 0) is 40.1 Å². The van der Waals surface area contributed by atoms with Crippen molar-refractivity contribution in [3.63, 3.8) is 0 Å². The molecule has 0 radical (unpaired) electrons. The number of hydrogen-bond donors (Lipinski definition) is 1. The Labute approximate surface area is 106 Å². The average molecular weight is 269 g/mol. The molecule has 0 fully saturated rings. The van der Waals surface area contributed by atoms with Crippen LogP contribution in [0.1, 0.15) is 17.2 Å². The van der Waals surface area contributed by atoms with Crippen LogP contribution in [0, 0.1) is 0 Å². The van der Waals surface area contributed by atoms with Crippen molar-refractivity contribution in [1.82, 2.24) is 0 Å². The SMILES string of the molecule is N[C@H](c1ccsc1)c1ccc2c(c1)OC(F)(F)O2. The number of rotatable bonds is 2. The van der Waals surface area contributed by atoms with Crippen molar-refractivity contribution in [2.75, 3.05) is 0 Å². The molecule has 0 amide bonds. The molecule has 2 heterocycles. The molecule has 1 atom stereocenters. The summed E-state index contributed by atoms with van der Waals surface area (Å²) < 4.78 is 34.5. The molecule has 0 unspecified atom stereocenters. The van der Waals surface area contributed by atoms with Gasteiger partial charge in [-0.2, -0.15) is 11.3 Å². The van der Waals surface area contributed by atoms with Crippen LogP contribution in [0.5, 0.6) is 11.5 Å². The molecule has 6 heteroatoms. The first kappa shape index (κ1) is 11.4. The summed E-state index contributed by atoms with van der Waals surface area (Å²) in [6, 6.07) is 6.12. The molecular formula is C12H9F2NO2S. The number of benzene rings is 1. The molecule has 1 aromatic carbocycles. The highest BCUT2D eigenvalue weighted by Gasteiger charge is 2.43. The van der Waals surface area contributed by atoms with Crippen LogP contribution in [0.3, 0.4) is 0 Å². The molecular weight excluding hydrogens is 260 g/mol. The lowest BCUT2D eigenvalue weighted by molar-refractivity contribution is -0.286. The van der Waals surface area contributed by atoms with Gasteiger partial charge in [-0.3, -0.25) is 0 Å². The molecule has 1 aliphatic rings. The summed E-state index contributed by atoms with van der Waals surface area (Å²) in [6.07, 6.45) is -3.59. The maximum Gasteiger partial charge on any atom is 0.586 e. The number of ether oxygens (including phenoxy) is 2. The molecule has 0 bridgehead atoms. The van der Waals surface area contributed by atoms with Crippen LogP contribution in [0.2, 0.25) is 0 Å². The second-order valence-corrected chi connectivity index (χ2v) is 4.69. The fourth-order valence-corrected chi connectivity index (χ4v) is 2.50. The van der Waals surface area contributed by atoms with Crippen molar-refractivity contribution in [1.29, 1.82) is 0 Å². The first-order valence-electron chi connectivity index (χ1n) is 5.23. The highest BCUT2D eigenvalue weighted by Crippen LogP contribution is 2.42. The Morgan fingerprint density at radius 1 is 1.11 bits per heavy atom. The van der Waals surface area contributed by atoms with Crippen LogP contribution in [-0.4, -0.2) is 6.29 Å². The Kier molecular flexibility index (Phi) is 2.49. The molecule has 2 N–H and O–H groups in total. The summed E-state index contributed by atoms with van der Waals surface area (Å²) in [5.74, 6) is 0.0458. The zero-order valence-electron chi connectivity index (χ0n) is 9.10. The van der Waals surface area contributed by atoms with Crippen molar-refractivity contribution >= 4 is 11.3 Å². The number of hydrogen-bond acceptors (Lipinski definition) is 4. The molecule has 18 heavy (non-hydrogen) atoms. The number of thiophene rings is 1. The predicted octanol–water partition coefficient (Wildman–Crippen LogP) is 3.12. The fraction of sp³-hybridized carbons (Fsp3) is 0.167. The Balaban J connectivity index is 1.93. The van der Waals surface area contributed by atoms with Crippen LogP contribution in [0.4, 0.5) is 8.78 Å². The van der Waals surface area contributed by atoms with Gasteiger partial charge >= 0.3 is 6.29 Å². The van der Waals surface area contributed by atoms with E-state index in [-0.39, 0.29) is 17.5 Å².